The summed E-state index contributed by atoms with van der Waals surface area (Å²) in [5.74, 6) is -4.37. The van der Waals surface area contributed by atoms with Crippen LogP contribution in [0, 0.1) is 0 Å². The van der Waals surface area contributed by atoms with E-state index in [1.165, 1.54) is 12.4 Å². The zero-order chi connectivity index (χ0) is 18.4. The van der Waals surface area contributed by atoms with E-state index in [0.717, 1.165) is 0 Å². The largest absolute Gasteiger partial charge is 0.444 e. The van der Waals surface area contributed by atoms with Crippen LogP contribution in [-0.4, -0.2) is 64.8 Å². The molecule has 1 aromatic heterocycles. The van der Waals surface area contributed by atoms with Gasteiger partial charge in [0.05, 0.1) is 5.92 Å². The van der Waals surface area contributed by atoms with E-state index in [2.05, 4.69) is 9.97 Å². The lowest BCUT2D eigenvalue weighted by Crippen LogP contribution is -2.50. The Labute approximate surface area is 144 Å². The minimum atomic E-state index is -3.32. The van der Waals surface area contributed by atoms with Crippen LogP contribution >= 0.6 is 0 Å². The Hall–Kier alpha value is -2.06. The molecule has 0 radical (unpaired) electrons. The van der Waals surface area contributed by atoms with Gasteiger partial charge in [0, 0.05) is 44.1 Å². The lowest BCUT2D eigenvalue weighted by atomic mass is 10.2. The highest BCUT2D eigenvalue weighted by Gasteiger charge is 2.70. The van der Waals surface area contributed by atoms with Crippen molar-refractivity contribution in [2.75, 3.05) is 31.1 Å². The number of carbonyl (C=O) groups is 1. The van der Waals surface area contributed by atoms with Crippen molar-refractivity contribution in [2.45, 2.75) is 44.4 Å². The van der Waals surface area contributed by atoms with E-state index in [1.807, 2.05) is 25.7 Å². The van der Waals surface area contributed by atoms with Crippen molar-refractivity contribution in [3.05, 3.63) is 18.0 Å². The van der Waals surface area contributed by atoms with Gasteiger partial charge in [0.1, 0.15) is 5.60 Å². The van der Waals surface area contributed by atoms with E-state index in [9.17, 15) is 18.0 Å². The Bertz CT molecular complexity index is 640. The molecule has 138 valence electrons. The highest BCUT2D eigenvalue weighted by atomic mass is 19.3. The number of halogens is 3. The van der Waals surface area contributed by atoms with Crippen molar-refractivity contribution in [1.29, 1.82) is 0 Å². The smallest absolute Gasteiger partial charge is 0.410 e. The minimum absolute atomic E-state index is 0.105. The fourth-order valence-corrected chi connectivity index (χ4v) is 2.75. The Morgan fingerprint density at radius 2 is 1.72 bits per heavy atom. The summed E-state index contributed by atoms with van der Waals surface area (Å²) < 4.78 is 44.5. The molecule has 1 aliphatic carbocycles. The summed E-state index contributed by atoms with van der Waals surface area (Å²) in [6, 6.07) is 0. The van der Waals surface area contributed by atoms with Crippen molar-refractivity contribution in [1.82, 2.24) is 14.9 Å². The molecule has 0 spiro atoms. The Balaban J connectivity index is 1.56. The molecule has 0 N–H and O–H groups in total. The molecule has 2 fully saturated rings. The monoisotopic (exact) mass is 358 g/mol. The number of anilines is 1. The summed E-state index contributed by atoms with van der Waals surface area (Å²) in [5, 5.41) is 0. The first-order chi connectivity index (χ1) is 11.6. The lowest BCUT2D eigenvalue weighted by Gasteiger charge is -2.35. The van der Waals surface area contributed by atoms with Gasteiger partial charge in [-0.15, -0.1) is 0 Å². The lowest BCUT2D eigenvalue weighted by molar-refractivity contribution is 0.0240. The number of rotatable bonds is 2. The van der Waals surface area contributed by atoms with Crippen molar-refractivity contribution < 1.29 is 22.7 Å². The quantitative estimate of drug-likeness (QED) is 0.813. The fourth-order valence-electron chi connectivity index (χ4n) is 2.75. The van der Waals surface area contributed by atoms with Gasteiger partial charge in [-0.3, -0.25) is 0 Å². The van der Waals surface area contributed by atoms with Crippen LogP contribution in [0.25, 0.3) is 0 Å². The summed E-state index contributed by atoms with van der Waals surface area (Å²) in [5.41, 5.74) is -0.444. The van der Waals surface area contributed by atoms with Crippen LogP contribution in [0.5, 0.6) is 0 Å². The molecule has 0 bridgehead atoms. The number of hydrogen-bond acceptors (Lipinski definition) is 5. The summed E-state index contributed by atoms with van der Waals surface area (Å²) in [6.45, 7) is 7.33. The van der Waals surface area contributed by atoms with E-state index in [-0.39, 0.29) is 11.7 Å². The summed E-state index contributed by atoms with van der Waals surface area (Å²) in [6.07, 6.45) is -0.0192. The molecular weight excluding hydrogens is 337 g/mol. The summed E-state index contributed by atoms with van der Waals surface area (Å²) >= 11 is 0. The standard InChI is InChI=1S/C16H21F3N4O2/c1-15(2,3)25-14(24)23-6-4-22(5-7-23)13-20-8-10(9-21-13)11-12(17)16(11,18)19/h8-9,11-12H,4-7H2,1-3H3. The molecule has 2 atom stereocenters. The van der Waals surface area contributed by atoms with Crippen LogP contribution in [-0.2, 0) is 4.74 Å². The molecule has 1 saturated carbocycles. The molecule has 6 nitrogen and oxygen atoms in total. The van der Waals surface area contributed by atoms with Gasteiger partial charge in [-0.2, -0.15) is 0 Å². The zero-order valence-electron chi connectivity index (χ0n) is 14.4. The number of ether oxygens (including phenoxy) is 1. The molecule has 1 saturated heterocycles. The second kappa shape index (κ2) is 6.03. The third kappa shape index (κ3) is 3.64. The molecule has 1 aliphatic heterocycles. The van der Waals surface area contributed by atoms with Crippen LogP contribution in [0.4, 0.5) is 23.9 Å². The normalized spacial score (nSPS) is 25.7. The number of nitrogens with zero attached hydrogens (tertiary/aromatic N) is 4. The highest BCUT2D eigenvalue weighted by Crippen LogP contribution is 2.57. The molecule has 9 heteroatoms. The van der Waals surface area contributed by atoms with E-state index < -0.39 is 23.6 Å². The maximum absolute atomic E-state index is 13.1. The first kappa shape index (κ1) is 17.8. The number of carbonyl (C=O) groups excluding carboxylic acids is 1. The van der Waals surface area contributed by atoms with E-state index >= 15 is 0 Å². The van der Waals surface area contributed by atoms with E-state index in [0.29, 0.717) is 32.1 Å². The van der Waals surface area contributed by atoms with Gasteiger partial charge in [0.2, 0.25) is 5.95 Å². The maximum atomic E-state index is 13.1. The van der Waals surface area contributed by atoms with Gasteiger partial charge in [-0.25, -0.2) is 27.9 Å². The molecule has 25 heavy (non-hydrogen) atoms. The summed E-state index contributed by atoms with van der Waals surface area (Å²) in [4.78, 5) is 23.6. The van der Waals surface area contributed by atoms with Gasteiger partial charge in [0.15, 0.2) is 6.17 Å². The third-order valence-corrected chi connectivity index (χ3v) is 4.20. The maximum Gasteiger partial charge on any atom is 0.410 e. The van der Waals surface area contributed by atoms with Gasteiger partial charge >= 0.3 is 6.09 Å². The van der Waals surface area contributed by atoms with Gasteiger partial charge in [0.25, 0.3) is 5.92 Å². The molecule has 1 aromatic rings. The van der Waals surface area contributed by atoms with Gasteiger partial charge in [-0.1, -0.05) is 0 Å². The average molecular weight is 358 g/mol. The molecule has 0 aromatic carbocycles. The number of hydrogen-bond donors (Lipinski definition) is 0. The number of aromatic nitrogens is 2. The SMILES string of the molecule is CC(C)(C)OC(=O)N1CCN(c2ncc(C3C(F)C3(F)F)cn2)CC1. The van der Waals surface area contributed by atoms with Crippen molar-refractivity contribution in [3.8, 4) is 0 Å². The number of alkyl halides is 3. The van der Waals surface area contributed by atoms with E-state index in [1.54, 1.807) is 4.90 Å². The van der Waals surface area contributed by atoms with Crippen molar-refractivity contribution in [3.63, 3.8) is 0 Å². The molecule has 3 rings (SSSR count). The van der Waals surface area contributed by atoms with Gasteiger partial charge < -0.3 is 14.5 Å². The topological polar surface area (TPSA) is 58.6 Å². The predicted molar refractivity (Wildman–Crippen MR) is 84.6 cm³/mol. The average Bonchev–Trinajstić information content (AvgIpc) is 3.04. The van der Waals surface area contributed by atoms with Crippen LogP contribution < -0.4 is 4.90 Å². The second-order valence-electron chi connectivity index (χ2n) is 7.32. The molecule has 1 amide bonds. The van der Waals surface area contributed by atoms with E-state index in [4.69, 9.17) is 4.74 Å². The molecule has 2 aliphatic rings. The minimum Gasteiger partial charge on any atom is -0.444 e. The number of amides is 1. The van der Waals surface area contributed by atoms with Gasteiger partial charge in [-0.05, 0) is 20.8 Å². The Morgan fingerprint density at radius 3 is 2.16 bits per heavy atom. The molecule has 2 heterocycles. The highest BCUT2D eigenvalue weighted by molar-refractivity contribution is 5.68. The van der Waals surface area contributed by atoms with Crippen molar-refractivity contribution >= 4 is 12.0 Å². The Kier molecular flexibility index (Phi) is 4.28. The van der Waals surface area contributed by atoms with Crippen molar-refractivity contribution in [2.24, 2.45) is 0 Å². The van der Waals surface area contributed by atoms with Crippen LogP contribution in [0.15, 0.2) is 12.4 Å². The molecular formula is C16H21F3N4O2. The zero-order valence-corrected chi connectivity index (χ0v) is 14.4. The first-order valence-corrected chi connectivity index (χ1v) is 8.16. The predicted octanol–water partition coefficient (Wildman–Crippen LogP) is 2.60. The van der Waals surface area contributed by atoms with Crippen LogP contribution in [0.2, 0.25) is 0 Å². The van der Waals surface area contributed by atoms with Crippen LogP contribution in [0.3, 0.4) is 0 Å². The fraction of sp³-hybridized carbons (Fsp3) is 0.688. The summed E-state index contributed by atoms with van der Waals surface area (Å²) in [7, 11) is 0. The third-order valence-electron chi connectivity index (χ3n) is 4.20. The van der Waals surface area contributed by atoms with Crippen LogP contribution in [0.1, 0.15) is 32.3 Å². The first-order valence-electron chi connectivity index (χ1n) is 8.16. The Morgan fingerprint density at radius 1 is 1.20 bits per heavy atom. The molecule has 2 unspecified atom stereocenters. The second-order valence-corrected chi connectivity index (χ2v) is 7.32. The number of piperazine rings is 1.